The Morgan fingerprint density at radius 2 is 1.78 bits per heavy atom. The molecule has 0 bridgehead atoms. The summed E-state index contributed by atoms with van der Waals surface area (Å²) >= 11 is 0. The molecule has 9 heteroatoms. The third-order valence-corrected chi connectivity index (χ3v) is 4.86. The van der Waals surface area contributed by atoms with Crippen molar-refractivity contribution in [1.82, 2.24) is 5.32 Å². The molecular weight excluding hydrogens is 372 g/mol. The number of anilines is 1. The Labute approximate surface area is 157 Å². The van der Waals surface area contributed by atoms with Crippen LogP contribution in [-0.2, 0) is 14.6 Å². The van der Waals surface area contributed by atoms with E-state index in [1.54, 1.807) is 38.4 Å². The Hall–Kier alpha value is -2.91. The van der Waals surface area contributed by atoms with Crippen molar-refractivity contribution in [3.8, 4) is 11.5 Å². The molecule has 0 aromatic heterocycles. The molecule has 8 nitrogen and oxygen atoms in total. The molecule has 27 heavy (non-hydrogen) atoms. The maximum absolute atomic E-state index is 12.0. The summed E-state index contributed by atoms with van der Waals surface area (Å²) in [6.45, 7) is 0.197. The number of hydrogen-bond acceptors (Lipinski definition) is 6. The van der Waals surface area contributed by atoms with Gasteiger partial charge in [-0.25, -0.2) is 13.2 Å². The second kappa shape index (κ2) is 8.19. The van der Waals surface area contributed by atoms with E-state index < -0.39 is 15.8 Å². The van der Waals surface area contributed by atoms with Crippen LogP contribution in [0.4, 0.5) is 5.69 Å². The third-order valence-electron chi connectivity index (χ3n) is 3.74. The fraction of sp³-hybridized carbons (Fsp3) is 0.222. The van der Waals surface area contributed by atoms with Gasteiger partial charge in [-0.3, -0.25) is 4.79 Å². The standard InChI is InChI=1S/C18H20N2O6S/c1-19-11-17(21)20(2)13-5-7-14(8-6-13)26-15-9-4-12(18(22)23)10-16(15)27(3,24)25/h4-10,19H,11H2,1-3H3,(H,22,23). The molecule has 144 valence electrons. The van der Waals surface area contributed by atoms with E-state index >= 15 is 0 Å². The number of carboxylic acids is 1. The highest BCUT2D eigenvalue weighted by Gasteiger charge is 2.18. The van der Waals surface area contributed by atoms with Gasteiger partial charge in [0.2, 0.25) is 5.91 Å². The second-order valence-corrected chi connectivity index (χ2v) is 7.80. The van der Waals surface area contributed by atoms with Crippen LogP contribution in [0.2, 0.25) is 0 Å². The average molecular weight is 392 g/mol. The topological polar surface area (TPSA) is 113 Å². The average Bonchev–Trinajstić information content (AvgIpc) is 2.61. The van der Waals surface area contributed by atoms with Gasteiger partial charge in [-0.2, -0.15) is 0 Å². The first-order chi connectivity index (χ1) is 12.6. The van der Waals surface area contributed by atoms with Gasteiger partial charge in [0.25, 0.3) is 0 Å². The fourth-order valence-corrected chi connectivity index (χ4v) is 3.11. The Morgan fingerprint density at radius 3 is 2.30 bits per heavy atom. The largest absolute Gasteiger partial charge is 0.478 e. The lowest BCUT2D eigenvalue weighted by molar-refractivity contribution is -0.117. The van der Waals surface area contributed by atoms with E-state index in [9.17, 15) is 18.0 Å². The minimum atomic E-state index is -3.70. The van der Waals surface area contributed by atoms with Gasteiger partial charge in [0.1, 0.15) is 16.4 Å². The first kappa shape index (κ1) is 20.4. The summed E-state index contributed by atoms with van der Waals surface area (Å²) < 4.78 is 29.6. The van der Waals surface area contributed by atoms with Gasteiger partial charge in [0, 0.05) is 19.0 Å². The predicted octanol–water partition coefficient (Wildman–Crippen LogP) is 1.76. The molecule has 0 fully saturated rings. The van der Waals surface area contributed by atoms with Gasteiger partial charge in [0.15, 0.2) is 9.84 Å². The second-order valence-electron chi connectivity index (χ2n) is 5.82. The SMILES string of the molecule is CNCC(=O)N(C)c1ccc(Oc2ccc(C(=O)O)cc2S(C)(=O)=O)cc1. The lowest BCUT2D eigenvalue weighted by Crippen LogP contribution is -2.33. The number of carboxylic acid groups (broad SMARTS) is 1. The molecule has 0 unspecified atom stereocenters. The summed E-state index contributed by atoms with van der Waals surface area (Å²) in [5, 5.41) is 11.8. The van der Waals surface area contributed by atoms with Gasteiger partial charge in [-0.05, 0) is 49.5 Å². The zero-order valence-corrected chi connectivity index (χ0v) is 15.9. The number of sulfone groups is 1. The molecule has 0 atom stereocenters. The van der Waals surface area contributed by atoms with Crippen molar-refractivity contribution >= 4 is 27.4 Å². The lowest BCUT2D eigenvalue weighted by atomic mass is 10.2. The molecule has 0 radical (unpaired) electrons. The van der Waals surface area contributed by atoms with E-state index in [4.69, 9.17) is 9.84 Å². The zero-order chi connectivity index (χ0) is 20.2. The molecule has 0 aliphatic rings. The number of benzene rings is 2. The molecule has 2 N–H and O–H groups in total. The Balaban J connectivity index is 2.29. The minimum absolute atomic E-state index is 0.0230. The number of hydrogen-bond donors (Lipinski definition) is 2. The predicted molar refractivity (Wildman–Crippen MR) is 100 cm³/mol. The molecule has 0 aliphatic heterocycles. The first-order valence-corrected chi connectivity index (χ1v) is 9.79. The van der Waals surface area contributed by atoms with Crippen LogP contribution in [-0.4, -0.2) is 52.3 Å². The van der Waals surface area contributed by atoms with Crippen LogP contribution in [0, 0.1) is 0 Å². The van der Waals surface area contributed by atoms with Crippen molar-refractivity contribution in [1.29, 1.82) is 0 Å². The highest BCUT2D eigenvalue weighted by atomic mass is 32.2. The van der Waals surface area contributed by atoms with E-state index in [2.05, 4.69) is 5.32 Å². The van der Waals surface area contributed by atoms with Crippen LogP contribution in [0.3, 0.4) is 0 Å². The van der Waals surface area contributed by atoms with Crippen LogP contribution in [0.5, 0.6) is 11.5 Å². The summed E-state index contributed by atoms with van der Waals surface area (Å²) in [4.78, 5) is 24.2. The molecule has 2 aromatic carbocycles. The smallest absolute Gasteiger partial charge is 0.335 e. The highest BCUT2D eigenvalue weighted by Crippen LogP contribution is 2.31. The van der Waals surface area contributed by atoms with Gasteiger partial charge in [-0.15, -0.1) is 0 Å². The lowest BCUT2D eigenvalue weighted by Gasteiger charge is -2.18. The molecule has 0 saturated carbocycles. The van der Waals surface area contributed by atoms with E-state index in [0.717, 1.165) is 12.3 Å². The normalized spacial score (nSPS) is 11.1. The number of ether oxygens (including phenoxy) is 1. The molecule has 1 amide bonds. The van der Waals surface area contributed by atoms with E-state index in [0.29, 0.717) is 11.4 Å². The van der Waals surface area contributed by atoms with Gasteiger partial charge in [0.05, 0.1) is 12.1 Å². The maximum Gasteiger partial charge on any atom is 0.335 e. The van der Waals surface area contributed by atoms with E-state index in [1.807, 2.05) is 0 Å². The first-order valence-electron chi connectivity index (χ1n) is 7.90. The number of nitrogens with one attached hydrogen (secondary N) is 1. The number of likely N-dealkylation sites (N-methyl/N-ethyl adjacent to an activating group) is 2. The number of rotatable bonds is 7. The van der Waals surface area contributed by atoms with E-state index in [-0.39, 0.29) is 28.7 Å². The van der Waals surface area contributed by atoms with Crippen LogP contribution < -0.4 is 15.0 Å². The number of amides is 1. The summed E-state index contributed by atoms with van der Waals surface area (Å²) in [5.74, 6) is -0.976. The molecule has 0 heterocycles. The van der Waals surface area contributed by atoms with Crippen LogP contribution in [0.1, 0.15) is 10.4 Å². The number of carbonyl (C=O) groups excluding carboxylic acids is 1. The molecule has 2 rings (SSSR count). The molecular formula is C18H20N2O6S. The maximum atomic E-state index is 12.0. The van der Waals surface area contributed by atoms with Gasteiger partial charge in [-0.1, -0.05) is 0 Å². The molecule has 2 aromatic rings. The summed E-state index contributed by atoms with van der Waals surface area (Å²) in [6.07, 6.45) is 0.978. The van der Waals surface area contributed by atoms with Crippen molar-refractivity contribution in [2.75, 3.05) is 31.8 Å². The van der Waals surface area contributed by atoms with Crippen molar-refractivity contribution in [2.45, 2.75) is 4.90 Å². The summed E-state index contributed by atoms with van der Waals surface area (Å²) in [5.41, 5.74) is 0.495. The van der Waals surface area contributed by atoms with Gasteiger partial charge >= 0.3 is 5.97 Å². The van der Waals surface area contributed by atoms with Crippen molar-refractivity contribution in [3.63, 3.8) is 0 Å². The number of nitrogens with zero attached hydrogens (tertiary/aromatic N) is 1. The molecule has 0 saturated heterocycles. The monoisotopic (exact) mass is 392 g/mol. The highest BCUT2D eigenvalue weighted by molar-refractivity contribution is 7.90. The molecule has 0 aliphatic carbocycles. The van der Waals surface area contributed by atoms with Crippen LogP contribution >= 0.6 is 0 Å². The number of carbonyl (C=O) groups is 2. The Bertz CT molecular complexity index is 954. The quantitative estimate of drug-likeness (QED) is 0.738. The summed E-state index contributed by atoms with van der Waals surface area (Å²) in [6, 6.07) is 10.1. The Kier molecular flexibility index (Phi) is 6.19. The minimum Gasteiger partial charge on any atom is -0.478 e. The third kappa shape index (κ3) is 5.05. The van der Waals surface area contributed by atoms with Crippen LogP contribution in [0.15, 0.2) is 47.4 Å². The fourth-order valence-electron chi connectivity index (χ4n) is 2.29. The number of aromatic carboxylic acids is 1. The van der Waals surface area contributed by atoms with Crippen molar-refractivity contribution in [3.05, 3.63) is 48.0 Å². The van der Waals surface area contributed by atoms with Crippen LogP contribution in [0.25, 0.3) is 0 Å². The zero-order valence-electron chi connectivity index (χ0n) is 15.1. The van der Waals surface area contributed by atoms with Crippen molar-refractivity contribution in [2.24, 2.45) is 0 Å². The van der Waals surface area contributed by atoms with E-state index in [1.165, 1.54) is 17.0 Å². The van der Waals surface area contributed by atoms with Gasteiger partial charge < -0.3 is 20.1 Å². The van der Waals surface area contributed by atoms with Crippen molar-refractivity contribution < 1.29 is 27.9 Å². The summed E-state index contributed by atoms with van der Waals surface area (Å²) in [7, 11) is -0.378. The molecule has 0 spiro atoms. The Morgan fingerprint density at radius 1 is 1.15 bits per heavy atom.